The first-order valence-electron chi connectivity index (χ1n) is 10.6. The molecule has 0 unspecified atom stereocenters. The van der Waals surface area contributed by atoms with Crippen molar-refractivity contribution < 1.29 is 9.53 Å². The number of para-hydroxylation sites is 1. The van der Waals surface area contributed by atoms with E-state index in [-0.39, 0.29) is 5.97 Å². The fourth-order valence-corrected chi connectivity index (χ4v) is 4.03. The molecular formula is C24H31NO2. The van der Waals surface area contributed by atoms with Crippen molar-refractivity contribution in [1.29, 1.82) is 0 Å². The van der Waals surface area contributed by atoms with E-state index in [4.69, 9.17) is 4.74 Å². The molecule has 27 heavy (non-hydrogen) atoms. The van der Waals surface area contributed by atoms with Gasteiger partial charge in [0.1, 0.15) is 5.75 Å². The Morgan fingerprint density at radius 3 is 2.07 bits per heavy atom. The highest BCUT2D eigenvalue weighted by molar-refractivity contribution is 5.90. The molecule has 0 spiro atoms. The monoisotopic (exact) mass is 365 g/mol. The third kappa shape index (κ3) is 6.20. The summed E-state index contributed by atoms with van der Waals surface area (Å²) in [6.07, 6.45) is 17.6. The van der Waals surface area contributed by atoms with Crippen molar-refractivity contribution in [2.45, 2.75) is 76.5 Å². The average Bonchev–Trinajstić information content (AvgIpc) is 2.70. The van der Waals surface area contributed by atoms with E-state index in [0.29, 0.717) is 17.2 Å². The van der Waals surface area contributed by atoms with Gasteiger partial charge < -0.3 is 4.74 Å². The quantitative estimate of drug-likeness (QED) is 0.449. The van der Waals surface area contributed by atoms with E-state index in [2.05, 4.69) is 17.1 Å². The zero-order valence-corrected chi connectivity index (χ0v) is 16.2. The van der Waals surface area contributed by atoms with Crippen LogP contribution in [0, 0.1) is 0 Å². The van der Waals surface area contributed by atoms with Crippen LogP contribution in [0.3, 0.4) is 0 Å². The van der Waals surface area contributed by atoms with Crippen LogP contribution in [0.25, 0.3) is 0 Å². The Balaban J connectivity index is 1.72. The van der Waals surface area contributed by atoms with Crippen LogP contribution >= 0.6 is 0 Å². The Bertz CT molecular complexity index is 687. The normalized spacial score (nSPS) is 17.5. The highest BCUT2D eigenvalue weighted by Crippen LogP contribution is 2.35. The predicted octanol–water partition coefficient (Wildman–Crippen LogP) is 6.69. The summed E-state index contributed by atoms with van der Waals surface area (Å²) in [7, 11) is 0. The predicted molar refractivity (Wildman–Crippen MR) is 109 cm³/mol. The molecule has 0 bridgehead atoms. The Kier molecular flexibility index (Phi) is 7.88. The van der Waals surface area contributed by atoms with E-state index in [9.17, 15) is 4.79 Å². The van der Waals surface area contributed by atoms with Crippen LogP contribution in [0.1, 0.15) is 92.5 Å². The third-order valence-corrected chi connectivity index (χ3v) is 5.56. The summed E-state index contributed by atoms with van der Waals surface area (Å²) < 4.78 is 5.78. The third-order valence-electron chi connectivity index (χ3n) is 5.56. The number of benzene rings is 1. The van der Waals surface area contributed by atoms with Gasteiger partial charge in [0.2, 0.25) is 0 Å². The van der Waals surface area contributed by atoms with E-state index in [1.54, 1.807) is 24.5 Å². The first-order chi connectivity index (χ1) is 13.3. The molecule has 3 heteroatoms. The summed E-state index contributed by atoms with van der Waals surface area (Å²) in [6, 6.07) is 11.6. The minimum Gasteiger partial charge on any atom is -0.423 e. The Morgan fingerprint density at radius 2 is 1.44 bits per heavy atom. The standard InChI is InChI=1S/C24H31NO2/c26-24(21-15-12-18-25-19-21)27-23-17-11-10-16-22(23)20-13-8-6-4-2-1-3-5-7-9-14-20/h10-12,15-20H,1-9,13-14H2. The van der Waals surface area contributed by atoms with Crippen molar-refractivity contribution >= 4 is 5.97 Å². The lowest BCUT2D eigenvalue weighted by Crippen LogP contribution is -2.11. The maximum atomic E-state index is 12.5. The van der Waals surface area contributed by atoms with Crippen LogP contribution in [0.15, 0.2) is 48.8 Å². The molecule has 3 rings (SSSR count). The van der Waals surface area contributed by atoms with Crippen molar-refractivity contribution in [1.82, 2.24) is 4.98 Å². The molecule has 0 N–H and O–H groups in total. The first-order valence-corrected chi connectivity index (χ1v) is 10.6. The van der Waals surface area contributed by atoms with E-state index < -0.39 is 0 Å². The van der Waals surface area contributed by atoms with E-state index in [1.165, 1.54) is 76.2 Å². The number of rotatable bonds is 3. The largest absolute Gasteiger partial charge is 0.423 e. The molecule has 1 saturated carbocycles. The van der Waals surface area contributed by atoms with Crippen molar-refractivity contribution in [3.8, 4) is 5.75 Å². The molecular weight excluding hydrogens is 334 g/mol. The molecule has 0 amide bonds. The number of ether oxygens (including phenoxy) is 1. The number of esters is 1. The van der Waals surface area contributed by atoms with E-state index >= 15 is 0 Å². The van der Waals surface area contributed by atoms with Crippen LogP contribution < -0.4 is 4.74 Å². The summed E-state index contributed by atoms with van der Waals surface area (Å²) in [4.78, 5) is 16.5. The average molecular weight is 366 g/mol. The van der Waals surface area contributed by atoms with Crippen molar-refractivity contribution in [3.05, 3.63) is 59.9 Å². The van der Waals surface area contributed by atoms with Crippen LogP contribution in [0.4, 0.5) is 0 Å². The number of pyridine rings is 1. The van der Waals surface area contributed by atoms with Gasteiger partial charge in [0, 0.05) is 12.4 Å². The molecule has 1 heterocycles. The molecule has 1 fully saturated rings. The van der Waals surface area contributed by atoms with Gasteiger partial charge in [-0.3, -0.25) is 4.98 Å². The number of hydrogen-bond donors (Lipinski definition) is 0. The number of carbonyl (C=O) groups excluding carboxylic acids is 1. The lowest BCUT2D eigenvalue weighted by atomic mass is 9.87. The van der Waals surface area contributed by atoms with Crippen LogP contribution in [-0.2, 0) is 0 Å². The number of nitrogens with zero attached hydrogens (tertiary/aromatic N) is 1. The lowest BCUT2D eigenvalue weighted by Gasteiger charge is -2.21. The number of hydrogen-bond acceptors (Lipinski definition) is 3. The summed E-state index contributed by atoms with van der Waals surface area (Å²) in [6.45, 7) is 0. The SMILES string of the molecule is O=C(Oc1ccccc1C1CCCCCCCCCCC1)c1cccnc1. The van der Waals surface area contributed by atoms with Crippen LogP contribution in [0.5, 0.6) is 5.75 Å². The minimum atomic E-state index is -0.330. The van der Waals surface area contributed by atoms with Gasteiger partial charge in [-0.05, 0) is 42.5 Å². The van der Waals surface area contributed by atoms with Crippen LogP contribution in [0.2, 0.25) is 0 Å². The van der Waals surface area contributed by atoms with Gasteiger partial charge in [-0.2, -0.15) is 0 Å². The minimum absolute atomic E-state index is 0.330. The summed E-state index contributed by atoms with van der Waals surface area (Å²) in [5.74, 6) is 0.856. The summed E-state index contributed by atoms with van der Waals surface area (Å²) >= 11 is 0. The van der Waals surface area contributed by atoms with Crippen molar-refractivity contribution in [3.63, 3.8) is 0 Å². The molecule has 1 aromatic heterocycles. The van der Waals surface area contributed by atoms with Gasteiger partial charge in [0.05, 0.1) is 5.56 Å². The zero-order chi connectivity index (χ0) is 18.7. The smallest absolute Gasteiger partial charge is 0.345 e. The molecule has 1 aromatic carbocycles. The maximum absolute atomic E-state index is 12.5. The van der Waals surface area contributed by atoms with Crippen molar-refractivity contribution in [2.75, 3.05) is 0 Å². The molecule has 0 saturated heterocycles. The zero-order valence-electron chi connectivity index (χ0n) is 16.2. The molecule has 144 valence electrons. The summed E-state index contributed by atoms with van der Waals surface area (Å²) in [5.41, 5.74) is 1.68. The second kappa shape index (κ2) is 10.9. The molecule has 0 radical (unpaired) electrons. The van der Waals surface area contributed by atoms with E-state index in [0.717, 1.165) is 0 Å². The van der Waals surface area contributed by atoms with Gasteiger partial charge in [-0.1, -0.05) is 76.0 Å². The van der Waals surface area contributed by atoms with Gasteiger partial charge >= 0.3 is 5.97 Å². The Hall–Kier alpha value is -2.16. The fourth-order valence-electron chi connectivity index (χ4n) is 4.03. The molecule has 2 aromatic rings. The topological polar surface area (TPSA) is 39.2 Å². The Labute approximate surface area is 163 Å². The van der Waals surface area contributed by atoms with Gasteiger partial charge in [-0.15, -0.1) is 0 Å². The fraction of sp³-hybridized carbons (Fsp3) is 0.500. The first kappa shape index (κ1) is 19.6. The van der Waals surface area contributed by atoms with Gasteiger partial charge in [0.25, 0.3) is 0 Å². The van der Waals surface area contributed by atoms with Crippen LogP contribution in [-0.4, -0.2) is 11.0 Å². The second-order valence-corrected chi connectivity index (χ2v) is 7.63. The molecule has 0 aliphatic heterocycles. The molecule has 0 atom stereocenters. The van der Waals surface area contributed by atoms with Crippen molar-refractivity contribution in [2.24, 2.45) is 0 Å². The van der Waals surface area contributed by atoms with E-state index in [1.807, 2.05) is 12.1 Å². The molecule has 1 aliphatic rings. The lowest BCUT2D eigenvalue weighted by molar-refractivity contribution is 0.0732. The Morgan fingerprint density at radius 1 is 0.815 bits per heavy atom. The molecule has 1 aliphatic carbocycles. The highest BCUT2D eigenvalue weighted by Gasteiger charge is 2.18. The number of aromatic nitrogens is 1. The maximum Gasteiger partial charge on any atom is 0.345 e. The number of carbonyl (C=O) groups is 1. The molecule has 3 nitrogen and oxygen atoms in total. The highest BCUT2D eigenvalue weighted by atomic mass is 16.5. The second-order valence-electron chi connectivity index (χ2n) is 7.63. The summed E-state index contributed by atoms with van der Waals surface area (Å²) in [5, 5.41) is 0. The van der Waals surface area contributed by atoms with Gasteiger partial charge in [0.15, 0.2) is 0 Å². The van der Waals surface area contributed by atoms with Gasteiger partial charge in [-0.25, -0.2) is 4.79 Å².